The minimum Gasteiger partial charge on any atom is -0.312 e. The summed E-state index contributed by atoms with van der Waals surface area (Å²) in [6.45, 7) is 2.42. The van der Waals surface area contributed by atoms with Crippen molar-refractivity contribution < 1.29 is 14.0 Å². The predicted octanol–water partition coefficient (Wildman–Crippen LogP) is 3.40. The maximum Gasteiger partial charge on any atom is 0.231 e. The van der Waals surface area contributed by atoms with Crippen LogP contribution in [0.5, 0.6) is 0 Å². The Hall–Kier alpha value is -2.35. The second kappa shape index (κ2) is 8.35. The highest BCUT2D eigenvalue weighted by Gasteiger charge is 2.35. The molecule has 1 N–H and O–H groups in total. The summed E-state index contributed by atoms with van der Waals surface area (Å²) in [4.78, 5) is 26.2. The molecule has 8 heteroatoms. The van der Waals surface area contributed by atoms with E-state index < -0.39 is 5.92 Å². The molecule has 0 radical (unpaired) electrons. The van der Waals surface area contributed by atoms with E-state index in [0.717, 1.165) is 30.7 Å². The van der Waals surface area contributed by atoms with E-state index in [2.05, 4.69) is 22.4 Å². The molecular formula is C18H21FN4O2S. The molecule has 1 unspecified atom stereocenters. The van der Waals surface area contributed by atoms with Crippen molar-refractivity contribution >= 4 is 34.0 Å². The van der Waals surface area contributed by atoms with Crippen molar-refractivity contribution in [2.45, 2.75) is 39.0 Å². The Morgan fingerprint density at radius 3 is 2.81 bits per heavy atom. The van der Waals surface area contributed by atoms with Crippen LogP contribution in [0.3, 0.4) is 0 Å². The van der Waals surface area contributed by atoms with Crippen LogP contribution in [0.4, 0.5) is 15.2 Å². The Bertz CT molecular complexity index is 778. The summed E-state index contributed by atoms with van der Waals surface area (Å²) in [7, 11) is 0. The van der Waals surface area contributed by atoms with Crippen molar-refractivity contribution in [1.29, 1.82) is 0 Å². The van der Waals surface area contributed by atoms with Gasteiger partial charge < -0.3 is 10.2 Å². The molecule has 0 spiro atoms. The van der Waals surface area contributed by atoms with E-state index in [1.807, 2.05) is 0 Å². The van der Waals surface area contributed by atoms with Gasteiger partial charge in [0, 0.05) is 25.1 Å². The van der Waals surface area contributed by atoms with E-state index in [-0.39, 0.29) is 30.6 Å². The molecule has 1 aliphatic rings. The Morgan fingerprint density at radius 2 is 2.08 bits per heavy atom. The van der Waals surface area contributed by atoms with Crippen molar-refractivity contribution in [3.63, 3.8) is 0 Å². The lowest BCUT2D eigenvalue weighted by molar-refractivity contribution is -0.122. The number of carbonyl (C=O) groups excluding carboxylic acids is 2. The van der Waals surface area contributed by atoms with E-state index >= 15 is 0 Å². The summed E-state index contributed by atoms with van der Waals surface area (Å²) in [6.07, 6.45) is 4.34. The van der Waals surface area contributed by atoms with Crippen LogP contribution in [-0.2, 0) is 16.0 Å². The van der Waals surface area contributed by atoms with Gasteiger partial charge in [-0.3, -0.25) is 9.59 Å². The molecule has 3 rings (SSSR count). The van der Waals surface area contributed by atoms with Crippen molar-refractivity contribution in [3.05, 3.63) is 35.1 Å². The number of rotatable bonds is 7. The lowest BCUT2D eigenvalue weighted by Crippen LogP contribution is -2.28. The number of nitrogens with one attached hydrogen (secondary N) is 1. The van der Waals surface area contributed by atoms with Crippen molar-refractivity contribution in [1.82, 2.24) is 10.2 Å². The van der Waals surface area contributed by atoms with Crippen LogP contribution in [0.1, 0.15) is 37.6 Å². The zero-order chi connectivity index (χ0) is 18.5. The van der Waals surface area contributed by atoms with Gasteiger partial charge in [0.05, 0.1) is 5.92 Å². The zero-order valence-electron chi connectivity index (χ0n) is 14.6. The van der Waals surface area contributed by atoms with Gasteiger partial charge in [-0.1, -0.05) is 31.1 Å². The van der Waals surface area contributed by atoms with Crippen LogP contribution in [0.2, 0.25) is 0 Å². The molecule has 138 valence electrons. The summed E-state index contributed by atoms with van der Waals surface area (Å²) >= 11 is 1.38. The number of hydrogen-bond acceptors (Lipinski definition) is 5. The molecule has 6 nitrogen and oxygen atoms in total. The summed E-state index contributed by atoms with van der Waals surface area (Å²) in [5.74, 6) is -1.20. The van der Waals surface area contributed by atoms with Crippen LogP contribution in [-0.4, -0.2) is 28.6 Å². The van der Waals surface area contributed by atoms with Gasteiger partial charge in [0.1, 0.15) is 10.8 Å². The first-order valence-corrected chi connectivity index (χ1v) is 9.57. The average Bonchev–Trinajstić information content (AvgIpc) is 3.23. The fourth-order valence-electron chi connectivity index (χ4n) is 2.89. The third-order valence-electron chi connectivity index (χ3n) is 4.33. The summed E-state index contributed by atoms with van der Waals surface area (Å²) in [5, 5.41) is 12.2. The number of benzene rings is 1. The molecule has 1 fully saturated rings. The minimum atomic E-state index is -0.458. The fraction of sp³-hybridized carbons (Fsp3) is 0.444. The number of anilines is 2. The molecule has 26 heavy (non-hydrogen) atoms. The number of carbonyl (C=O) groups is 2. The molecule has 0 bridgehead atoms. The minimum absolute atomic E-state index is 0.130. The van der Waals surface area contributed by atoms with Crippen LogP contribution in [0, 0.1) is 11.7 Å². The van der Waals surface area contributed by atoms with Gasteiger partial charge in [-0.2, -0.15) is 0 Å². The maximum atomic E-state index is 13.0. The number of aromatic nitrogens is 2. The van der Waals surface area contributed by atoms with E-state index in [1.165, 1.54) is 28.4 Å². The monoisotopic (exact) mass is 376 g/mol. The number of nitrogens with zero attached hydrogens (tertiary/aromatic N) is 3. The summed E-state index contributed by atoms with van der Waals surface area (Å²) in [6, 6.07) is 5.69. The van der Waals surface area contributed by atoms with Crippen LogP contribution < -0.4 is 10.2 Å². The van der Waals surface area contributed by atoms with Gasteiger partial charge in [0.15, 0.2) is 0 Å². The second-order valence-electron chi connectivity index (χ2n) is 6.33. The molecule has 2 aromatic rings. The lowest BCUT2D eigenvalue weighted by Gasteiger charge is -2.16. The standard InChI is InChI=1S/C18H21FN4O2S/c1-2-3-4-5-15-21-22-18(26-15)20-17(25)12-10-16(24)23(11-12)14-8-6-13(19)7-9-14/h6-9,12H,2-5,10-11H2,1H3,(H,20,22,25). The number of aryl methyl sites for hydroxylation is 1. The first-order chi connectivity index (χ1) is 12.6. The predicted molar refractivity (Wildman–Crippen MR) is 98.6 cm³/mol. The Labute approximate surface area is 155 Å². The Balaban J connectivity index is 1.57. The van der Waals surface area contributed by atoms with E-state index in [0.29, 0.717) is 10.8 Å². The SMILES string of the molecule is CCCCCc1nnc(NC(=O)C2CC(=O)N(c3ccc(F)cc3)C2)s1. The third kappa shape index (κ3) is 4.43. The van der Waals surface area contributed by atoms with Crippen molar-refractivity contribution in [2.24, 2.45) is 5.92 Å². The molecule has 0 aliphatic carbocycles. The molecule has 1 saturated heterocycles. The largest absolute Gasteiger partial charge is 0.312 e. The van der Waals surface area contributed by atoms with E-state index in [4.69, 9.17) is 0 Å². The molecule has 1 aromatic carbocycles. The third-order valence-corrected chi connectivity index (χ3v) is 5.22. The number of unbranched alkanes of at least 4 members (excludes halogenated alkanes) is 2. The van der Waals surface area contributed by atoms with Gasteiger partial charge >= 0.3 is 0 Å². The maximum absolute atomic E-state index is 13.0. The second-order valence-corrected chi connectivity index (χ2v) is 7.39. The smallest absolute Gasteiger partial charge is 0.231 e. The van der Waals surface area contributed by atoms with Gasteiger partial charge in [0.25, 0.3) is 0 Å². The molecule has 1 aromatic heterocycles. The normalized spacial score (nSPS) is 16.9. The summed E-state index contributed by atoms with van der Waals surface area (Å²) < 4.78 is 13.0. The first kappa shape index (κ1) is 18.4. The molecule has 2 heterocycles. The van der Waals surface area contributed by atoms with Crippen LogP contribution in [0.15, 0.2) is 24.3 Å². The highest BCUT2D eigenvalue weighted by atomic mass is 32.1. The highest BCUT2D eigenvalue weighted by molar-refractivity contribution is 7.15. The first-order valence-electron chi connectivity index (χ1n) is 8.76. The Kier molecular flexibility index (Phi) is 5.92. The lowest BCUT2D eigenvalue weighted by atomic mass is 10.1. The van der Waals surface area contributed by atoms with E-state index in [1.54, 1.807) is 12.1 Å². The quantitative estimate of drug-likeness (QED) is 0.752. The zero-order valence-corrected chi connectivity index (χ0v) is 15.4. The van der Waals surface area contributed by atoms with Crippen LogP contribution >= 0.6 is 11.3 Å². The molecule has 1 atom stereocenters. The van der Waals surface area contributed by atoms with E-state index in [9.17, 15) is 14.0 Å². The number of hydrogen-bond donors (Lipinski definition) is 1. The van der Waals surface area contributed by atoms with Crippen LogP contribution in [0.25, 0.3) is 0 Å². The molecular weight excluding hydrogens is 355 g/mol. The van der Waals surface area contributed by atoms with Gasteiger partial charge in [-0.15, -0.1) is 10.2 Å². The molecule has 1 aliphatic heterocycles. The average molecular weight is 376 g/mol. The van der Waals surface area contributed by atoms with Gasteiger partial charge in [-0.05, 0) is 30.7 Å². The highest BCUT2D eigenvalue weighted by Crippen LogP contribution is 2.27. The number of amides is 2. The van der Waals surface area contributed by atoms with Crippen molar-refractivity contribution in [2.75, 3.05) is 16.8 Å². The Morgan fingerprint density at radius 1 is 1.31 bits per heavy atom. The fourth-order valence-corrected chi connectivity index (χ4v) is 3.68. The molecule has 0 saturated carbocycles. The molecule has 2 amide bonds. The van der Waals surface area contributed by atoms with Crippen molar-refractivity contribution in [3.8, 4) is 0 Å². The van der Waals surface area contributed by atoms with Gasteiger partial charge in [-0.25, -0.2) is 4.39 Å². The van der Waals surface area contributed by atoms with Gasteiger partial charge in [0.2, 0.25) is 16.9 Å². The topological polar surface area (TPSA) is 75.2 Å². The summed E-state index contributed by atoms with van der Waals surface area (Å²) in [5.41, 5.74) is 0.598. The number of halogens is 1.